The summed E-state index contributed by atoms with van der Waals surface area (Å²) in [5.74, 6) is -2.27. The lowest BCUT2D eigenvalue weighted by Gasteiger charge is -2.24. The van der Waals surface area contributed by atoms with Gasteiger partial charge in [-0.2, -0.15) is 35.1 Å². The number of hydrogen-bond acceptors (Lipinski definition) is 3. The minimum atomic E-state index is -5.62. The number of hydrogen-bond donors (Lipinski definition) is 0. The van der Waals surface area contributed by atoms with Crippen molar-refractivity contribution in [1.29, 1.82) is 0 Å². The summed E-state index contributed by atoms with van der Waals surface area (Å²) in [7, 11) is 0.437. The third-order valence-corrected chi connectivity index (χ3v) is 1.41. The second kappa shape index (κ2) is 5.24. The van der Waals surface area contributed by atoms with Crippen LogP contribution in [0.3, 0.4) is 0 Å². The maximum absolute atomic E-state index is 12.5. The molecule has 0 aromatic heterocycles. The molecule has 0 fully saturated rings. The van der Waals surface area contributed by atoms with E-state index in [9.17, 15) is 39.9 Å². The Morgan fingerprint density at radius 2 is 1.50 bits per heavy atom. The normalized spacial score (nSPS) is 15.4. The van der Waals surface area contributed by atoms with Crippen molar-refractivity contribution in [3.63, 3.8) is 0 Å². The fourth-order valence-electron chi connectivity index (χ4n) is 0.803. The lowest BCUT2D eigenvalue weighted by atomic mass is 10.3. The van der Waals surface area contributed by atoms with Crippen molar-refractivity contribution in [3.05, 3.63) is 0 Å². The maximum atomic E-state index is 12.5. The average Bonchev–Trinajstić information content (AvgIpc) is 2.07. The van der Waals surface area contributed by atoms with Gasteiger partial charge in [0.1, 0.15) is 6.42 Å². The average molecular weight is 290 g/mol. The van der Waals surface area contributed by atoms with Gasteiger partial charge >= 0.3 is 24.4 Å². The maximum Gasteiger partial charge on any atom is 0.425 e. The van der Waals surface area contributed by atoms with Crippen LogP contribution in [0, 0.1) is 0 Å². The van der Waals surface area contributed by atoms with E-state index in [-0.39, 0.29) is 0 Å². The van der Waals surface area contributed by atoms with Gasteiger partial charge in [-0.05, 0) is 0 Å². The van der Waals surface area contributed by atoms with Crippen molar-refractivity contribution < 1.29 is 49.4 Å². The molecule has 0 aliphatic carbocycles. The molecule has 0 heterocycles. The fraction of sp³-hybridized carbons (Fsp3) is 0.857. The minimum Gasteiger partial charge on any atom is -0.467 e. The van der Waals surface area contributed by atoms with Crippen molar-refractivity contribution in [2.75, 3.05) is 7.11 Å². The molecule has 0 bridgehead atoms. The summed E-state index contributed by atoms with van der Waals surface area (Å²) >= 11 is 0. The lowest BCUT2D eigenvalue weighted by molar-refractivity contribution is -0.344. The molecule has 3 nitrogen and oxygen atoms in total. The van der Waals surface area contributed by atoms with Crippen LogP contribution in [0.4, 0.5) is 35.1 Å². The van der Waals surface area contributed by atoms with Crippen molar-refractivity contribution in [1.82, 2.24) is 0 Å². The number of rotatable bonds is 4. The van der Waals surface area contributed by atoms with Crippen LogP contribution in [0.25, 0.3) is 0 Å². The number of carbonyl (C=O) groups excluding carboxylic acids is 1. The highest BCUT2D eigenvalue weighted by molar-refractivity contribution is 5.75. The van der Waals surface area contributed by atoms with E-state index in [4.69, 9.17) is 0 Å². The molecular weight excluding hydrogens is 284 g/mol. The van der Waals surface area contributed by atoms with Crippen LogP contribution in [-0.2, 0) is 14.3 Å². The Hall–Kier alpha value is -1.13. The number of ether oxygens (including phenoxy) is 2. The van der Waals surface area contributed by atoms with Gasteiger partial charge in [-0.15, -0.1) is 0 Å². The van der Waals surface area contributed by atoms with E-state index in [1.54, 1.807) is 0 Å². The van der Waals surface area contributed by atoms with Crippen LogP contribution in [0.15, 0.2) is 0 Å². The molecule has 0 spiro atoms. The van der Waals surface area contributed by atoms with Crippen molar-refractivity contribution in [2.45, 2.75) is 31.0 Å². The number of carbonyl (C=O) groups is 1. The Labute approximate surface area is 94.6 Å². The van der Waals surface area contributed by atoms with Crippen LogP contribution >= 0.6 is 0 Å². The number of esters is 1. The van der Waals surface area contributed by atoms with Gasteiger partial charge in [-0.3, -0.25) is 4.74 Å². The second-order valence-corrected chi connectivity index (χ2v) is 2.99. The van der Waals surface area contributed by atoms with Crippen LogP contribution in [-0.4, -0.2) is 37.6 Å². The Bertz CT molecular complexity index is 294. The molecule has 0 aliphatic heterocycles. The Kier molecular flexibility index (Phi) is 4.91. The summed E-state index contributed by atoms with van der Waals surface area (Å²) < 4.78 is 103. The van der Waals surface area contributed by atoms with Crippen LogP contribution in [0.2, 0.25) is 0 Å². The first-order valence-electron chi connectivity index (χ1n) is 4.05. The van der Waals surface area contributed by atoms with E-state index in [1.807, 2.05) is 0 Å². The predicted octanol–water partition coefficient (Wildman–Crippen LogP) is 2.65. The first-order valence-corrected chi connectivity index (χ1v) is 4.05. The minimum absolute atomic E-state index is 0.437. The third kappa shape index (κ3) is 5.98. The van der Waals surface area contributed by atoms with Crippen molar-refractivity contribution in [2.24, 2.45) is 0 Å². The largest absolute Gasteiger partial charge is 0.467 e. The van der Waals surface area contributed by atoms with E-state index in [2.05, 4.69) is 9.47 Å². The highest BCUT2D eigenvalue weighted by Crippen LogP contribution is 2.36. The van der Waals surface area contributed by atoms with Gasteiger partial charge in [-0.1, -0.05) is 0 Å². The van der Waals surface area contributed by atoms with Gasteiger partial charge in [0.25, 0.3) is 6.10 Å². The van der Waals surface area contributed by atoms with E-state index in [1.165, 1.54) is 0 Å². The summed E-state index contributed by atoms with van der Waals surface area (Å²) in [5, 5.41) is 0. The second-order valence-electron chi connectivity index (χ2n) is 2.99. The molecule has 0 aromatic rings. The summed E-state index contributed by atoms with van der Waals surface area (Å²) in [6.45, 7) is 0. The van der Waals surface area contributed by atoms with E-state index in [0.717, 1.165) is 0 Å². The Balaban J connectivity index is 4.94. The molecule has 18 heavy (non-hydrogen) atoms. The molecule has 1 atom stereocenters. The third-order valence-electron chi connectivity index (χ3n) is 1.41. The molecule has 0 N–H and O–H groups in total. The monoisotopic (exact) mass is 290 g/mol. The zero-order valence-corrected chi connectivity index (χ0v) is 8.53. The number of alkyl halides is 8. The van der Waals surface area contributed by atoms with E-state index in [0.29, 0.717) is 7.11 Å². The smallest absolute Gasteiger partial charge is 0.425 e. The first kappa shape index (κ1) is 16.9. The Morgan fingerprint density at radius 1 is 1.06 bits per heavy atom. The zero-order valence-electron chi connectivity index (χ0n) is 8.53. The molecule has 108 valence electrons. The molecule has 0 saturated heterocycles. The van der Waals surface area contributed by atoms with Gasteiger partial charge in [0.05, 0.1) is 7.11 Å². The van der Waals surface area contributed by atoms with Gasteiger partial charge in [0.15, 0.2) is 0 Å². The molecule has 0 amide bonds. The molecular formula is C7H6F8O3. The zero-order chi connectivity index (χ0) is 14.8. The van der Waals surface area contributed by atoms with Crippen molar-refractivity contribution in [3.8, 4) is 0 Å². The number of halogens is 8. The fourth-order valence-corrected chi connectivity index (χ4v) is 0.803. The van der Waals surface area contributed by atoms with Gasteiger partial charge in [-0.25, -0.2) is 4.79 Å². The summed E-state index contributed by atoms with van der Waals surface area (Å²) in [6.07, 6.45) is -23.0. The standard InChI is InChI=1S/C7H6F8O3/c1-17-4(16)3(7(13,14)15)18-6(11,12)2-5(8,9)10/h3H,2H2,1H3. The SMILES string of the molecule is COC(=O)C(OC(F)(F)CC(F)(F)F)C(F)(F)F. The quantitative estimate of drug-likeness (QED) is 0.590. The van der Waals surface area contributed by atoms with Crippen LogP contribution < -0.4 is 0 Å². The van der Waals surface area contributed by atoms with Crippen LogP contribution in [0.1, 0.15) is 6.42 Å². The summed E-state index contributed by atoms with van der Waals surface area (Å²) in [6, 6.07) is 0. The van der Waals surface area contributed by atoms with Crippen LogP contribution in [0.5, 0.6) is 0 Å². The predicted molar refractivity (Wildman–Crippen MR) is 38.6 cm³/mol. The first-order chi connectivity index (χ1) is 7.78. The molecule has 0 aromatic carbocycles. The lowest BCUT2D eigenvalue weighted by Crippen LogP contribution is -2.45. The van der Waals surface area contributed by atoms with Gasteiger partial charge < -0.3 is 4.74 Å². The highest BCUT2D eigenvalue weighted by Gasteiger charge is 2.55. The van der Waals surface area contributed by atoms with Gasteiger partial charge in [0.2, 0.25) is 0 Å². The molecule has 0 radical (unpaired) electrons. The van der Waals surface area contributed by atoms with Gasteiger partial charge in [0, 0.05) is 0 Å². The highest BCUT2D eigenvalue weighted by atomic mass is 19.4. The van der Waals surface area contributed by atoms with Crippen molar-refractivity contribution >= 4 is 5.97 Å². The Morgan fingerprint density at radius 3 is 1.78 bits per heavy atom. The summed E-state index contributed by atoms with van der Waals surface area (Å²) in [5.41, 5.74) is 0. The van der Waals surface area contributed by atoms with E-state index < -0.39 is 37.0 Å². The molecule has 0 rings (SSSR count). The molecule has 1 unspecified atom stereocenters. The summed E-state index contributed by atoms with van der Waals surface area (Å²) in [4.78, 5) is 10.5. The topological polar surface area (TPSA) is 35.5 Å². The molecule has 0 aliphatic rings. The number of methoxy groups -OCH3 is 1. The van der Waals surface area contributed by atoms with E-state index >= 15 is 0 Å². The molecule has 11 heteroatoms. The molecule has 0 saturated carbocycles.